The van der Waals surface area contributed by atoms with E-state index < -0.39 is 0 Å². The molecule has 0 saturated heterocycles. The number of thiophene rings is 1. The van der Waals surface area contributed by atoms with Crippen LogP contribution in [0.1, 0.15) is 26.3 Å². The number of halogens is 2. The summed E-state index contributed by atoms with van der Waals surface area (Å²) in [4.78, 5) is 0. The first-order valence-electron chi connectivity index (χ1n) is 9.21. The van der Waals surface area contributed by atoms with Gasteiger partial charge in [-0.15, -0.1) is 11.3 Å². The fourth-order valence-electron chi connectivity index (χ4n) is 3.00. The van der Waals surface area contributed by atoms with Crippen molar-refractivity contribution >= 4 is 55.6 Å². The van der Waals surface area contributed by atoms with Gasteiger partial charge in [0, 0.05) is 30.1 Å². The van der Waals surface area contributed by atoms with E-state index in [0.717, 1.165) is 20.5 Å². The Kier molecular flexibility index (Phi) is 5.78. The Hall–Kier alpha value is -1.76. The zero-order chi connectivity index (χ0) is 20.6. The van der Waals surface area contributed by atoms with Crippen molar-refractivity contribution < 1.29 is 9.47 Å². The van der Waals surface area contributed by atoms with Crippen LogP contribution in [0.3, 0.4) is 0 Å². The molecule has 0 saturated carbocycles. The molecule has 0 atom stereocenters. The first-order valence-corrected chi connectivity index (χ1v) is 11.6. The number of rotatable bonds is 4. The second kappa shape index (κ2) is 8.17. The molecule has 0 unspecified atom stereocenters. The van der Waals surface area contributed by atoms with Crippen LogP contribution in [0.4, 0.5) is 0 Å². The van der Waals surface area contributed by atoms with Crippen molar-refractivity contribution in [2.45, 2.75) is 26.2 Å². The summed E-state index contributed by atoms with van der Waals surface area (Å²) in [5, 5.41) is 3.84. The van der Waals surface area contributed by atoms with Gasteiger partial charge < -0.3 is 9.47 Å². The Balaban J connectivity index is 1.65. The maximum Gasteiger partial charge on any atom is 0.145 e. The molecular formula is C24H20ClIO2S. The van der Waals surface area contributed by atoms with Crippen LogP contribution in [-0.4, -0.2) is 0 Å². The zero-order valence-electron chi connectivity index (χ0n) is 16.3. The van der Waals surface area contributed by atoms with Gasteiger partial charge in [0.1, 0.15) is 23.0 Å². The molecule has 0 amide bonds. The van der Waals surface area contributed by atoms with Gasteiger partial charge in [0.05, 0.1) is 0 Å². The third kappa shape index (κ3) is 4.87. The summed E-state index contributed by atoms with van der Waals surface area (Å²) in [5.74, 6) is 3.02. The Morgan fingerprint density at radius 3 is 2.34 bits per heavy atom. The van der Waals surface area contributed by atoms with Crippen molar-refractivity contribution in [3.63, 3.8) is 0 Å². The lowest BCUT2D eigenvalue weighted by atomic mass is 9.86. The standard InChI is InChI=1S/C24H20ClIO2S/c1-24(2,3)15-7-8-23-21(9-15)22(14-29-23)28-20-12-17(26)11-19(13-20)27-18-6-4-5-16(25)10-18/h4-14H,1-3H3. The maximum atomic E-state index is 6.28. The average molecular weight is 535 g/mol. The fourth-order valence-corrected chi connectivity index (χ4v) is 4.64. The monoisotopic (exact) mass is 534 g/mol. The summed E-state index contributed by atoms with van der Waals surface area (Å²) in [7, 11) is 0. The van der Waals surface area contributed by atoms with E-state index in [9.17, 15) is 0 Å². The van der Waals surface area contributed by atoms with Crippen LogP contribution in [0, 0.1) is 3.57 Å². The van der Waals surface area contributed by atoms with E-state index in [-0.39, 0.29) is 5.41 Å². The first-order chi connectivity index (χ1) is 13.8. The van der Waals surface area contributed by atoms with E-state index in [0.29, 0.717) is 16.5 Å². The van der Waals surface area contributed by atoms with Crippen LogP contribution in [0.2, 0.25) is 5.02 Å². The van der Waals surface area contributed by atoms with Crippen LogP contribution in [0.15, 0.2) is 66.0 Å². The molecule has 1 heterocycles. The van der Waals surface area contributed by atoms with Crippen molar-refractivity contribution in [1.82, 2.24) is 0 Å². The molecule has 0 aliphatic rings. The molecule has 4 rings (SSSR count). The van der Waals surface area contributed by atoms with E-state index >= 15 is 0 Å². The van der Waals surface area contributed by atoms with Crippen LogP contribution >= 0.6 is 45.5 Å². The molecule has 3 aromatic carbocycles. The number of fused-ring (bicyclic) bond motifs is 1. The SMILES string of the molecule is CC(C)(C)c1ccc2scc(Oc3cc(I)cc(Oc4cccc(Cl)c4)c3)c2c1. The minimum Gasteiger partial charge on any atom is -0.457 e. The molecular weight excluding hydrogens is 515 g/mol. The third-order valence-electron chi connectivity index (χ3n) is 4.51. The van der Waals surface area contributed by atoms with Crippen molar-refractivity contribution in [1.29, 1.82) is 0 Å². The summed E-state index contributed by atoms with van der Waals surface area (Å²) in [6.07, 6.45) is 0. The van der Waals surface area contributed by atoms with Crippen LogP contribution in [-0.2, 0) is 5.41 Å². The fraction of sp³-hybridized carbons (Fsp3) is 0.167. The molecule has 4 aromatic rings. The summed E-state index contributed by atoms with van der Waals surface area (Å²) >= 11 is 10.0. The summed E-state index contributed by atoms with van der Waals surface area (Å²) in [6, 6.07) is 19.9. The van der Waals surface area contributed by atoms with E-state index in [1.54, 1.807) is 17.4 Å². The van der Waals surface area contributed by atoms with Crippen molar-refractivity contribution in [2.24, 2.45) is 0 Å². The lowest BCUT2D eigenvalue weighted by molar-refractivity contribution is 0.463. The summed E-state index contributed by atoms with van der Waals surface area (Å²) in [5.41, 5.74) is 1.38. The predicted molar refractivity (Wildman–Crippen MR) is 131 cm³/mol. The molecule has 5 heteroatoms. The topological polar surface area (TPSA) is 18.5 Å². The predicted octanol–water partition coefficient (Wildman–Crippen LogP) is 9.04. The highest BCUT2D eigenvalue weighted by Gasteiger charge is 2.16. The zero-order valence-corrected chi connectivity index (χ0v) is 20.1. The molecule has 1 aromatic heterocycles. The molecule has 0 aliphatic carbocycles. The van der Waals surface area contributed by atoms with Gasteiger partial charge >= 0.3 is 0 Å². The summed E-state index contributed by atoms with van der Waals surface area (Å²) in [6.45, 7) is 6.67. The molecule has 148 valence electrons. The third-order valence-corrected chi connectivity index (χ3v) is 6.31. The van der Waals surface area contributed by atoms with Gasteiger partial charge in [-0.1, -0.05) is 44.5 Å². The number of hydrogen-bond acceptors (Lipinski definition) is 3. The second-order valence-corrected chi connectivity index (χ2v) is 10.4. The molecule has 0 radical (unpaired) electrons. The van der Waals surface area contributed by atoms with Gasteiger partial charge in [0.25, 0.3) is 0 Å². The second-order valence-electron chi connectivity index (χ2n) is 7.85. The molecule has 29 heavy (non-hydrogen) atoms. The first kappa shape index (κ1) is 20.5. The normalized spacial score (nSPS) is 11.6. The molecule has 0 bridgehead atoms. The Labute approximate surface area is 193 Å². The Bertz CT molecular complexity index is 1180. The van der Waals surface area contributed by atoms with Gasteiger partial charge in [0.15, 0.2) is 0 Å². The van der Waals surface area contributed by atoms with Crippen molar-refractivity contribution in [3.05, 3.63) is 80.2 Å². The van der Waals surface area contributed by atoms with E-state index in [4.69, 9.17) is 21.1 Å². The van der Waals surface area contributed by atoms with Crippen molar-refractivity contribution in [2.75, 3.05) is 0 Å². The van der Waals surface area contributed by atoms with Crippen LogP contribution < -0.4 is 9.47 Å². The molecule has 0 N–H and O–H groups in total. The van der Waals surface area contributed by atoms with Crippen LogP contribution in [0.5, 0.6) is 23.0 Å². The number of hydrogen-bond donors (Lipinski definition) is 0. The molecule has 0 spiro atoms. The van der Waals surface area contributed by atoms with Gasteiger partial charge in [-0.2, -0.15) is 0 Å². The Morgan fingerprint density at radius 2 is 1.62 bits per heavy atom. The minimum atomic E-state index is 0.0908. The highest BCUT2D eigenvalue weighted by molar-refractivity contribution is 14.1. The maximum absolute atomic E-state index is 6.28. The minimum absolute atomic E-state index is 0.0908. The van der Waals surface area contributed by atoms with E-state index in [1.807, 2.05) is 36.4 Å². The largest absolute Gasteiger partial charge is 0.457 e. The van der Waals surface area contributed by atoms with Crippen molar-refractivity contribution in [3.8, 4) is 23.0 Å². The average Bonchev–Trinajstić information content (AvgIpc) is 3.03. The smallest absolute Gasteiger partial charge is 0.145 e. The lowest BCUT2D eigenvalue weighted by Gasteiger charge is -2.19. The van der Waals surface area contributed by atoms with Crippen LogP contribution in [0.25, 0.3) is 10.1 Å². The van der Waals surface area contributed by atoms with E-state index in [1.165, 1.54) is 10.3 Å². The highest BCUT2D eigenvalue weighted by atomic mass is 127. The Morgan fingerprint density at radius 1 is 0.862 bits per heavy atom. The quantitative estimate of drug-likeness (QED) is 0.243. The van der Waals surface area contributed by atoms with E-state index in [2.05, 4.69) is 66.9 Å². The summed E-state index contributed by atoms with van der Waals surface area (Å²) < 4.78 is 14.5. The van der Waals surface area contributed by atoms with Gasteiger partial charge in [0.2, 0.25) is 0 Å². The number of ether oxygens (including phenoxy) is 2. The molecule has 2 nitrogen and oxygen atoms in total. The lowest BCUT2D eigenvalue weighted by Crippen LogP contribution is -2.10. The molecule has 0 fully saturated rings. The van der Waals surface area contributed by atoms with Gasteiger partial charge in [-0.3, -0.25) is 0 Å². The van der Waals surface area contributed by atoms with Gasteiger partial charge in [-0.25, -0.2) is 0 Å². The molecule has 0 aliphatic heterocycles. The van der Waals surface area contributed by atoms with Gasteiger partial charge in [-0.05, 0) is 76.0 Å². The number of benzene rings is 3. The highest BCUT2D eigenvalue weighted by Crippen LogP contribution is 2.39.